The summed E-state index contributed by atoms with van der Waals surface area (Å²) in [4.78, 5) is 12.4. The van der Waals surface area contributed by atoms with Crippen LogP contribution in [0.1, 0.15) is 5.56 Å². The molecule has 1 heterocycles. The van der Waals surface area contributed by atoms with Gasteiger partial charge in [0.05, 0.1) is 18.1 Å². The number of morpholine rings is 1. The van der Waals surface area contributed by atoms with Crippen molar-refractivity contribution in [1.82, 2.24) is 0 Å². The van der Waals surface area contributed by atoms with Crippen molar-refractivity contribution in [3.05, 3.63) is 32.8 Å². The third-order valence-electron chi connectivity index (χ3n) is 2.81. The summed E-state index contributed by atoms with van der Waals surface area (Å²) in [5.74, 6) is 0. The predicted octanol–water partition coefficient (Wildman–Crippen LogP) is 2.39. The Morgan fingerprint density at radius 2 is 2.06 bits per heavy atom. The zero-order chi connectivity index (χ0) is 12.4. The third-order valence-corrected chi connectivity index (χ3v) is 3.12. The van der Waals surface area contributed by atoms with Crippen molar-refractivity contribution in [2.24, 2.45) is 0 Å². The minimum atomic E-state index is -0.460. The van der Waals surface area contributed by atoms with Crippen LogP contribution in [0.2, 0.25) is 5.02 Å². The number of nitro groups is 1. The zero-order valence-corrected chi connectivity index (χ0v) is 10.2. The summed E-state index contributed by atoms with van der Waals surface area (Å²) in [6, 6.07) is 3.19. The molecule has 1 fully saturated rings. The van der Waals surface area contributed by atoms with Crippen LogP contribution in [0.25, 0.3) is 0 Å². The maximum absolute atomic E-state index is 10.7. The number of ether oxygens (including phenoxy) is 1. The maximum atomic E-state index is 10.7. The second kappa shape index (κ2) is 4.89. The van der Waals surface area contributed by atoms with Gasteiger partial charge in [0, 0.05) is 24.8 Å². The molecule has 1 aliphatic heterocycles. The first-order chi connectivity index (χ1) is 8.09. The molecular weight excluding hydrogens is 244 g/mol. The fourth-order valence-corrected chi connectivity index (χ4v) is 2.17. The summed E-state index contributed by atoms with van der Waals surface area (Å²) in [7, 11) is 0. The molecule has 0 radical (unpaired) electrons. The molecule has 2 rings (SSSR count). The Labute approximate surface area is 104 Å². The fourth-order valence-electron chi connectivity index (χ4n) is 1.94. The lowest BCUT2D eigenvalue weighted by Gasteiger charge is -2.30. The number of halogens is 1. The van der Waals surface area contributed by atoms with E-state index in [0.29, 0.717) is 13.2 Å². The number of hydrogen-bond donors (Lipinski definition) is 0. The Morgan fingerprint density at radius 3 is 2.65 bits per heavy atom. The van der Waals surface area contributed by atoms with Crippen molar-refractivity contribution < 1.29 is 9.66 Å². The smallest absolute Gasteiger partial charge is 0.288 e. The molecule has 1 aromatic carbocycles. The molecule has 0 atom stereocenters. The van der Waals surface area contributed by atoms with E-state index in [2.05, 4.69) is 4.90 Å². The van der Waals surface area contributed by atoms with Gasteiger partial charge in [-0.2, -0.15) is 0 Å². The van der Waals surface area contributed by atoms with E-state index in [-0.39, 0.29) is 10.7 Å². The molecule has 0 bridgehead atoms. The molecule has 1 aromatic rings. The normalized spacial score (nSPS) is 16.0. The summed E-state index contributed by atoms with van der Waals surface area (Å²) < 4.78 is 5.27. The van der Waals surface area contributed by atoms with Gasteiger partial charge in [-0.3, -0.25) is 10.1 Å². The fraction of sp³-hybridized carbons (Fsp3) is 0.455. The van der Waals surface area contributed by atoms with Gasteiger partial charge in [-0.05, 0) is 18.6 Å². The summed E-state index contributed by atoms with van der Waals surface area (Å²) in [5.41, 5.74) is 1.77. The van der Waals surface area contributed by atoms with Gasteiger partial charge in [-0.15, -0.1) is 0 Å². The monoisotopic (exact) mass is 256 g/mol. The highest BCUT2D eigenvalue weighted by molar-refractivity contribution is 6.33. The molecule has 5 nitrogen and oxygen atoms in total. The minimum Gasteiger partial charge on any atom is -0.378 e. The molecule has 0 aromatic heterocycles. The lowest BCUT2D eigenvalue weighted by atomic mass is 10.1. The molecule has 0 N–H and O–H groups in total. The van der Waals surface area contributed by atoms with Gasteiger partial charge >= 0.3 is 0 Å². The summed E-state index contributed by atoms with van der Waals surface area (Å²) in [6.07, 6.45) is 0. The van der Waals surface area contributed by atoms with Crippen LogP contribution in [-0.2, 0) is 4.74 Å². The van der Waals surface area contributed by atoms with E-state index in [1.165, 1.54) is 6.07 Å². The highest BCUT2D eigenvalue weighted by Gasteiger charge is 2.19. The Kier molecular flexibility index (Phi) is 3.49. The van der Waals surface area contributed by atoms with Crippen molar-refractivity contribution in [2.75, 3.05) is 31.2 Å². The van der Waals surface area contributed by atoms with E-state index in [0.717, 1.165) is 24.3 Å². The Hall–Kier alpha value is -1.33. The van der Waals surface area contributed by atoms with Gasteiger partial charge in [0.2, 0.25) is 0 Å². The second-order valence-corrected chi connectivity index (χ2v) is 4.35. The Morgan fingerprint density at radius 1 is 1.41 bits per heavy atom. The molecular formula is C11H13ClN2O3. The maximum Gasteiger partial charge on any atom is 0.288 e. The number of anilines is 1. The van der Waals surface area contributed by atoms with E-state index < -0.39 is 4.92 Å². The predicted molar refractivity (Wildman–Crippen MR) is 65.9 cm³/mol. The molecule has 1 saturated heterocycles. The number of benzene rings is 1. The summed E-state index contributed by atoms with van der Waals surface area (Å²) in [5, 5.41) is 10.9. The average molecular weight is 257 g/mol. The van der Waals surface area contributed by atoms with E-state index in [1.54, 1.807) is 6.07 Å². The van der Waals surface area contributed by atoms with Crippen LogP contribution in [0, 0.1) is 17.0 Å². The Bertz CT molecular complexity index is 445. The van der Waals surface area contributed by atoms with Crippen LogP contribution < -0.4 is 4.90 Å². The van der Waals surface area contributed by atoms with Crippen LogP contribution in [0.15, 0.2) is 12.1 Å². The van der Waals surface area contributed by atoms with Crippen molar-refractivity contribution in [3.8, 4) is 0 Å². The molecule has 92 valence electrons. The first-order valence-corrected chi connectivity index (χ1v) is 5.74. The lowest BCUT2D eigenvalue weighted by Crippen LogP contribution is -2.36. The molecule has 0 saturated carbocycles. The lowest BCUT2D eigenvalue weighted by molar-refractivity contribution is -0.384. The van der Waals surface area contributed by atoms with Crippen LogP contribution in [0.5, 0.6) is 0 Å². The topological polar surface area (TPSA) is 55.6 Å². The largest absolute Gasteiger partial charge is 0.378 e. The van der Waals surface area contributed by atoms with Gasteiger partial charge < -0.3 is 9.64 Å². The SMILES string of the molecule is Cc1cc([N+](=O)[O-])c(Cl)cc1N1CCOCC1. The van der Waals surface area contributed by atoms with Crippen molar-refractivity contribution >= 4 is 23.0 Å². The minimum absolute atomic E-state index is 0.0406. The van der Waals surface area contributed by atoms with E-state index in [4.69, 9.17) is 16.3 Å². The highest BCUT2D eigenvalue weighted by atomic mass is 35.5. The molecule has 17 heavy (non-hydrogen) atoms. The molecule has 0 spiro atoms. The molecule has 0 amide bonds. The standard InChI is InChI=1S/C11H13ClN2O3/c1-8-6-11(14(15)16)9(12)7-10(8)13-2-4-17-5-3-13/h6-7H,2-5H2,1H3. The first kappa shape index (κ1) is 12.1. The zero-order valence-electron chi connectivity index (χ0n) is 9.48. The molecule has 1 aliphatic rings. The molecule has 6 heteroatoms. The van der Waals surface area contributed by atoms with Crippen molar-refractivity contribution in [3.63, 3.8) is 0 Å². The average Bonchev–Trinajstić information content (AvgIpc) is 2.32. The second-order valence-electron chi connectivity index (χ2n) is 3.95. The Balaban J connectivity index is 2.35. The number of hydrogen-bond acceptors (Lipinski definition) is 4. The number of rotatable bonds is 2. The number of nitro benzene ring substituents is 1. The van der Waals surface area contributed by atoms with E-state index in [1.807, 2.05) is 6.92 Å². The van der Waals surface area contributed by atoms with Gasteiger partial charge in [0.15, 0.2) is 0 Å². The van der Waals surface area contributed by atoms with Gasteiger partial charge in [0.25, 0.3) is 5.69 Å². The van der Waals surface area contributed by atoms with Gasteiger partial charge in [0.1, 0.15) is 5.02 Å². The van der Waals surface area contributed by atoms with E-state index in [9.17, 15) is 10.1 Å². The number of nitrogens with zero attached hydrogens (tertiary/aromatic N) is 2. The number of aryl methyl sites for hydroxylation is 1. The van der Waals surface area contributed by atoms with Crippen LogP contribution >= 0.6 is 11.6 Å². The van der Waals surface area contributed by atoms with Gasteiger partial charge in [-0.25, -0.2) is 0 Å². The quantitative estimate of drug-likeness (QED) is 0.602. The van der Waals surface area contributed by atoms with Crippen LogP contribution in [0.3, 0.4) is 0 Å². The third kappa shape index (κ3) is 2.50. The van der Waals surface area contributed by atoms with Crippen molar-refractivity contribution in [2.45, 2.75) is 6.92 Å². The molecule has 0 unspecified atom stereocenters. The highest BCUT2D eigenvalue weighted by Crippen LogP contribution is 2.32. The van der Waals surface area contributed by atoms with Gasteiger partial charge in [-0.1, -0.05) is 11.6 Å². The first-order valence-electron chi connectivity index (χ1n) is 5.37. The van der Waals surface area contributed by atoms with Crippen LogP contribution in [0.4, 0.5) is 11.4 Å². The molecule has 0 aliphatic carbocycles. The summed E-state index contributed by atoms with van der Waals surface area (Å²) in [6.45, 7) is 4.78. The van der Waals surface area contributed by atoms with Crippen molar-refractivity contribution in [1.29, 1.82) is 0 Å². The summed E-state index contributed by atoms with van der Waals surface area (Å²) >= 11 is 5.92. The van der Waals surface area contributed by atoms with Crippen LogP contribution in [-0.4, -0.2) is 31.2 Å². The van der Waals surface area contributed by atoms with E-state index >= 15 is 0 Å².